The number of nitrogens with zero attached hydrogens (tertiary/aromatic N) is 1. The molecule has 14 heavy (non-hydrogen) atoms. The Labute approximate surface area is 95.2 Å². The number of nitrogens with one attached hydrogen (secondary N) is 1. The summed E-state index contributed by atoms with van der Waals surface area (Å²) in [6.45, 7) is 2.71. The Morgan fingerprint density at radius 1 is 1.71 bits per heavy atom. The standard InChI is InChI=1S/C9H11IN2O2/c1-9(3-2-4-14-9)8-11-5-6(10)7(13)12-8/h5H,2-4H2,1H3,(H,11,12,13). The van der Waals surface area contributed by atoms with Gasteiger partial charge in [-0.15, -0.1) is 0 Å². The maximum atomic E-state index is 11.4. The smallest absolute Gasteiger partial charge is 0.264 e. The molecule has 2 rings (SSSR count). The maximum absolute atomic E-state index is 11.4. The lowest BCUT2D eigenvalue weighted by molar-refractivity contribution is 0.00908. The average Bonchev–Trinajstić information content (AvgIpc) is 2.58. The predicted molar refractivity (Wildman–Crippen MR) is 60.1 cm³/mol. The van der Waals surface area contributed by atoms with Gasteiger partial charge in [-0.25, -0.2) is 4.98 Å². The molecule has 1 unspecified atom stereocenters. The summed E-state index contributed by atoms with van der Waals surface area (Å²) in [5.74, 6) is 0.639. The summed E-state index contributed by atoms with van der Waals surface area (Å²) in [5, 5.41) is 0. The third-order valence-corrected chi connectivity index (χ3v) is 3.24. The summed E-state index contributed by atoms with van der Waals surface area (Å²) in [5.41, 5.74) is -0.490. The van der Waals surface area contributed by atoms with Gasteiger partial charge in [-0.05, 0) is 42.4 Å². The van der Waals surface area contributed by atoms with Gasteiger partial charge in [0.25, 0.3) is 5.56 Å². The second kappa shape index (κ2) is 3.62. The van der Waals surface area contributed by atoms with Crippen LogP contribution >= 0.6 is 22.6 Å². The Hall–Kier alpha value is -0.430. The minimum absolute atomic E-state index is 0.0904. The highest BCUT2D eigenvalue weighted by Gasteiger charge is 2.34. The highest BCUT2D eigenvalue weighted by Crippen LogP contribution is 2.32. The molecule has 0 saturated carbocycles. The van der Waals surface area contributed by atoms with Gasteiger partial charge >= 0.3 is 0 Å². The van der Waals surface area contributed by atoms with Crippen molar-refractivity contribution in [3.63, 3.8) is 0 Å². The minimum Gasteiger partial charge on any atom is -0.367 e. The second-order valence-electron chi connectivity index (χ2n) is 3.59. The first-order valence-electron chi connectivity index (χ1n) is 4.51. The number of halogens is 1. The molecule has 1 N–H and O–H groups in total. The summed E-state index contributed by atoms with van der Waals surface area (Å²) in [6.07, 6.45) is 3.52. The molecule has 0 aliphatic carbocycles. The Balaban J connectivity index is 2.41. The Morgan fingerprint density at radius 2 is 2.50 bits per heavy atom. The van der Waals surface area contributed by atoms with Crippen LogP contribution in [0.3, 0.4) is 0 Å². The van der Waals surface area contributed by atoms with Gasteiger partial charge in [0.1, 0.15) is 11.4 Å². The van der Waals surface area contributed by atoms with Gasteiger partial charge in [0, 0.05) is 12.8 Å². The van der Waals surface area contributed by atoms with Crippen molar-refractivity contribution in [1.29, 1.82) is 0 Å². The van der Waals surface area contributed by atoms with Crippen LogP contribution in [0.15, 0.2) is 11.0 Å². The fourth-order valence-corrected chi connectivity index (χ4v) is 1.89. The lowest BCUT2D eigenvalue weighted by atomic mass is 10.0. The molecule has 76 valence electrons. The Kier molecular flexibility index (Phi) is 2.61. The molecular formula is C9H11IN2O2. The quantitative estimate of drug-likeness (QED) is 0.798. The molecule has 1 aliphatic rings. The van der Waals surface area contributed by atoms with Crippen LogP contribution < -0.4 is 5.56 Å². The zero-order chi connectivity index (χ0) is 10.2. The zero-order valence-electron chi connectivity index (χ0n) is 7.84. The van der Waals surface area contributed by atoms with Crippen LogP contribution in [0.2, 0.25) is 0 Å². The average molecular weight is 306 g/mol. The van der Waals surface area contributed by atoms with E-state index >= 15 is 0 Å². The van der Waals surface area contributed by atoms with Gasteiger partial charge in [0.15, 0.2) is 0 Å². The molecule has 2 heterocycles. The highest BCUT2D eigenvalue weighted by molar-refractivity contribution is 14.1. The van der Waals surface area contributed by atoms with E-state index in [1.165, 1.54) is 0 Å². The van der Waals surface area contributed by atoms with Crippen molar-refractivity contribution in [1.82, 2.24) is 9.97 Å². The van der Waals surface area contributed by atoms with Gasteiger partial charge in [-0.1, -0.05) is 0 Å². The van der Waals surface area contributed by atoms with Crippen LogP contribution in [-0.2, 0) is 10.3 Å². The van der Waals surface area contributed by atoms with Crippen LogP contribution in [0, 0.1) is 3.57 Å². The van der Waals surface area contributed by atoms with Gasteiger partial charge in [-0.2, -0.15) is 0 Å². The van der Waals surface area contributed by atoms with E-state index in [9.17, 15) is 4.79 Å². The number of aromatic amines is 1. The Morgan fingerprint density at radius 3 is 3.07 bits per heavy atom. The number of hydrogen-bond donors (Lipinski definition) is 1. The van der Waals surface area contributed by atoms with Crippen molar-refractivity contribution >= 4 is 22.6 Å². The van der Waals surface area contributed by atoms with E-state index in [2.05, 4.69) is 9.97 Å². The van der Waals surface area contributed by atoms with Crippen molar-refractivity contribution < 1.29 is 4.74 Å². The first-order chi connectivity index (χ1) is 6.62. The molecule has 1 atom stereocenters. The van der Waals surface area contributed by atoms with E-state index in [4.69, 9.17) is 4.74 Å². The third-order valence-electron chi connectivity index (χ3n) is 2.48. The lowest BCUT2D eigenvalue weighted by Gasteiger charge is -2.21. The van der Waals surface area contributed by atoms with Crippen molar-refractivity contribution in [3.8, 4) is 0 Å². The largest absolute Gasteiger partial charge is 0.367 e. The van der Waals surface area contributed by atoms with E-state index in [0.717, 1.165) is 19.4 Å². The van der Waals surface area contributed by atoms with Crippen molar-refractivity contribution in [2.75, 3.05) is 6.61 Å². The molecular weight excluding hydrogens is 295 g/mol. The van der Waals surface area contributed by atoms with Crippen molar-refractivity contribution in [2.45, 2.75) is 25.4 Å². The van der Waals surface area contributed by atoms with Crippen LogP contribution in [0.1, 0.15) is 25.6 Å². The molecule has 4 nitrogen and oxygen atoms in total. The molecule has 5 heteroatoms. The van der Waals surface area contributed by atoms with Crippen LogP contribution in [0.4, 0.5) is 0 Å². The summed E-state index contributed by atoms with van der Waals surface area (Å²) >= 11 is 1.96. The van der Waals surface area contributed by atoms with Gasteiger partial charge in [-0.3, -0.25) is 4.79 Å². The van der Waals surface area contributed by atoms with Crippen LogP contribution in [0.5, 0.6) is 0 Å². The normalized spacial score (nSPS) is 26.7. The summed E-state index contributed by atoms with van der Waals surface area (Å²) in [4.78, 5) is 18.3. The molecule has 1 fully saturated rings. The zero-order valence-corrected chi connectivity index (χ0v) is 10.00. The summed E-state index contributed by atoms with van der Waals surface area (Å²) < 4.78 is 6.19. The number of rotatable bonds is 1. The number of ether oxygens (including phenoxy) is 1. The van der Waals surface area contributed by atoms with E-state index in [1.807, 2.05) is 29.5 Å². The third kappa shape index (κ3) is 1.70. The Bertz CT molecular complexity index is 396. The molecule has 1 aliphatic heterocycles. The monoisotopic (exact) mass is 306 g/mol. The predicted octanol–water partition coefficient (Wildman–Crippen LogP) is 1.40. The van der Waals surface area contributed by atoms with Gasteiger partial charge < -0.3 is 9.72 Å². The first kappa shape index (κ1) is 10.1. The first-order valence-corrected chi connectivity index (χ1v) is 5.59. The van der Waals surface area contributed by atoms with E-state index in [-0.39, 0.29) is 5.56 Å². The van der Waals surface area contributed by atoms with Crippen molar-refractivity contribution in [3.05, 3.63) is 25.9 Å². The molecule has 0 amide bonds. The molecule has 0 radical (unpaired) electrons. The summed E-state index contributed by atoms with van der Waals surface area (Å²) in [6, 6.07) is 0. The lowest BCUT2D eigenvalue weighted by Crippen LogP contribution is -2.27. The highest BCUT2D eigenvalue weighted by atomic mass is 127. The fraction of sp³-hybridized carbons (Fsp3) is 0.556. The van der Waals surface area contributed by atoms with Crippen LogP contribution in [-0.4, -0.2) is 16.6 Å². The minimum atomic E-state index is -0.399. The SMILES string of the molecule is CC1(c2ncc(I)c(=O)[nH]2)CCCO1. The molecule has 1 aromatic rings. The van der Waals surface area contributed by atoms with Gasteiger partial charge in [0.05, 0.1) is 3.57 Å². The molecule has 0 aromatic carbocycles. The number of aromatic nitrogens is 2. The van der Waals surface area contributed by atoms with Crippen LogP contribution in [0.25, 0.3) is 0 Å². The molecule has 1 aromatic heterocycles. The summed E-state index contributed by atoms with van der Waals surface area (Å²) in [7, 11) is 0. The maximum Gasteiger partial charge on any atom is 0.264 e. The van der Waals surface area contributed by atoms with Gasteiger partial charge in [0.2, 0.25) is 0 Å². The fourth-order valence-electron chi connectivity index (χ4n) is 1.61. The number of H-pyrrole nitrogens is 1. The number of hydrogen-bond acceptors (Lipinski definition) is 3. The second-order valence-corrected chi connectivity index (χ2v) is 4.75. The molecule has 0 spiro atoms. The van der Waals surface area contributed by atoms with E-state index in [0.29, 0.717) is 9.39 Å². The van der Waals surface area contributed by atoms with E-state index < -0.39 is 5.60 Å². The van der Waals surface area contributed by atoms with Crippen molar-refractivity contribution in [2.24, 2.45) is 0 Å². The van der Waals surface area contributed by atoms with E-state index in [1.54, 1.807) is 6.20 Å². The topological polar surface area (TPSA) is 55.0 Å². The molecule has 0 bridgehead atoms. The molecule has 1 saturated heterocycles.